The number of fused-ring (bicyclic) bond motifs is 1. The molecule has 6 rings (SSSR count). The first kappa shape index (κ1) is 19.9. The molecule has 0 aromatic heterocycles. The van der Waals surface area contributed by atoms with Crippen molar-refractivity contribution in [2.75, 3.05) is 0 Å². The van der Waals surface area contributed by atoms with Crippen LogP contribution in [0, 0.1) is 28.1 Å². The van der Waals surface area contributed by atoms with Gasteiger partial charge in [-0.3, -0.25) is 4.79 Å². The zero-order chi connectivity index (χ0) is 22.7. The molecule has 4 unspecified atom stereocenters. The van der Waals surface area contributed by atoms with Crippen LogP contribution in [0.25, 0.3) is 0 Å². The van der Waals surface area contributed by atoms with Gasteiger partial charge in [-0.25, -0.2) is 9.59 Å². The highest BCUT2D eigenvalue weighted by Crippen LogP contribution is 2.84. The number of aliphatic hydroxyl groups excluding tert-OH is 3. The fourth-order valence-electron chi connectivity index (χ4n) is 8.27. The maximum atomic E-state index is 13.4. The molecule has 0 aromatic rings. The van der Waals surface area contributed by atoms with Crippen LogP contribution in [0.1, 0.15) is 27.7 Å². The van der Waals surface area contributed by atoms with Crippen LogP contribution < -0.4 is 0 Å². The van der Waals surface area contributed by atoms with Crippen LogP contribution >= 0.6 is 0 Å². The maximum Gasteiger partial charge on any atom is 0.343 e. The second-order valence-electron chi connectivity index (χ2n) is 10.8. The molecule has 0 amide bonds. The summed E-state index contributed by atoms with van der Waals surface area (Å²) in [6.45, 7) is 6.63. The molecule has 2 spiro atoms. The second kappa shape index (κ2) is 4.91. The summed E-state index contributed by atoms with van der Waals surface area (Å²) in [5.74, 6) is -5.22. The molecule has 0 bridgehead atoms. The summed E-state index contributed by atoms with van der Waals surface area (Å²) < 4.78 is 22.2. The smallest absolute Gasteiger partial charge is 0.343 e. The van der Waals surface area contributed by atoms with Gasteiger partial charge in [0.05, 0.1) is 22.9 Å². The highest BCUT2D eigenvalue weighted by Gasteiger charge is 3.05. The molecule has 11 nitrogen and oxygen atoms in total. The van der Waals surface area contributed by atoms with E-state index in [4.69, 9.17) is 18.9 Å². The molecule has 0 aromatic carbocycles. The molecular weight excluding hydrogens is 416 g/mol. The van der Waals surface area contributed by atoms with Gasteiger partial charge in [-0.05, 0) is 12.3 Å². The molecule has 11 heteroatoms. The van der Waals surface area contributed by atoms with E-state index in [1.807, 2.05) is 0 Å². The summed E-state index contributed by atoms with van der Waals surface area (Å²) in [7, 11) is 0. The number of esters is 3. The first-order valence-electron chi connectivity index (χ1n) is 10.3. The highest BCUT2D eigenvalue weighted by molar-refractivity contribution is 5.94. The Balaban J connectivity index is 1.75. The molecule has 12 atom stereocenters. The quantitative estimate of drug-likeness (QED) is 0.234. The summed E-state index contributed by atoms with van der Waals surface area (Å²) in [6, 6.07) is 0. The Bertz CT molecular complexity index is 957. The molecule has 4 aliphatic heterocycles. The van der Waals surface area contributed by atoms with Gasteiger partial charge in [0.25, 0.3) is 0 Å². The van der Waals surface area contributed by atoms with Crippen LogP contribution in [-0.4, -0.2) is 86.3 Å². The van der Waals surface area contributed by atoms with Crippen molar-refractivity contribution in [3.63, 3.8) is 0 Å². The predicted octanol–water partition coefficient (Wildman–Crippen LogP) is -2.40. The van der Waals surface area contributed by atoms with Crippen molar-refractivity contribution in [3.8, 4) is 0 Å². The van der Waals surface area contributed by atoms with E-state index >= 15 is 0 Å². The molecule has 2 saturated carbocycles. The van der Waals surface area contributed by atoms with Crippen LogP contribution in [0.4, 0.5) is 0 Å². The van der Waals surface area contributed by atoms with Crippen molar-refractivity contribution < 1.29 is 53.8 Å². The Morgan fingerprint density at radius 1 is 0.935 bits per heavy atom. The van der Waals surface area contributed by atoms with Gasteiger partial charge in [0.2, 0.25) is 11.9 Å². The molecule has 4 saturated heterocycles. The minimum Gasteiger partial charge on any atom is -0.456 e. The van der Waals surface area contributed by atoms with Gasteiger partial charge >= 0.3 is 17.9 Å². The summed E-state index contributed by atoms with van der Waals surface area (Å²) in [5, 5.41) is 46.1. The van der Waals surface area contributed by atoms with Crippen LogP contribution in [-0.2, 0) is 33.3 Å². The Labute approximate surface area is 176 Å². The largest absolute Gasteiger partial charge is 0.456 e. The Hall–Kier alpha value is -1.79. The van der Waals surface area contributed by atoms with Gasteiger partial charge in [-0.15, -0.1) is 0 Å². The molecule has 2 aliphatic carbocycles. The van der Waals surface area contributed by atoms with Crippen molar-refractivity contribution >= 4 is 17.9 Å². The zero-order valence-electron chi connectivity index (χ0n) is 17.3. The number of hydrogen-bond donors (Lipinski definition) is 4. The summed E-state index contributed by atoms with van der Waals surface area (Å²) >= 11 is 0. The minimum atomic E-state index is -2.40. The van der Waals surface area contributed by atoms with E-state index in [1.54, 1.807) is 20.8 Å². The first-order valence-corrected chi connectivity index (χ1v) is 10.3. The van der Waals surface area contributed by atoms with Crippen molar-refractivity contribution in [1.29, 1.82) is 0 Å². The molecule has 6 fully saturated rings. The topological polar surface area (TPSA) is 169 Å². The second-order valence-corrected chi connectivity index (χ2v) is 10.8. The molecule has 4 heterocycles. The number of aliphatic hydroxyl groups is 4. The van der Waals surface area contributed by atoms with E-state index in [1.165, 1.54) is 6.92 Å². The van der Waals surface area contributed by atoms with E-state index in [9.17, 15) is 34.8 Å². The van der Waals surface area contributed by atoms with Crippen molar-refractivity contribution in [2.24, 2.45) is 28.1 Å². The highest BCUT2D eigenvalue weighted by atomic mass is 16.8. The fraction of sp³-hybridized carbons (Fsp3) is 0.850. The van der Waals surface area contributed by atoms with Gasteiger partial charge in [-0.2, -0.15) is 0 Å². The average molecular weight is 440 g/mol. The number of hydrogen-bond acceptors (Lipinski definition) is 11. The number of rotatable bonds is 0. The standard InChI is InChI=1S/C20H24O11/c1-5-12(24)28-11-8(22)18-10-6(21)7(16(2,3)4)17(18)9(23)13(25)30-15(17)31-20(18,14(26)29-10)19(5,11)27/h5-11,15,21-23,27H,1-4H3/t5-,6-,7+,8?,9?,10-,11+,15+,17?,18?,19-,20+/m1/s1. The Morgan fingerprint density at radius 2 is 1.58 bits per heavy atom. The molecule has 4 N–H and O–H groups in total. The normalized spacial score (nSPS) is 61.0. The SMILES string of the molecule is C[C@@H]1C(=O)O[C@H]2C(O)C34[C@@H]5OC(=O)[C@@]3(O[C@@H]3OC(=O)C(O)C34[C@H](C(C)(C)C)[C@H]5O)[C@@]12O. The first-order chi connectivity index (χ1) is 14.3. The molecule has 6 aliphatic rings. The van der Waals surface area contributed by atoms with E-state index in [-0.39, 0.29) is 0 Å². The maximum absolute atomic E-state index is 13.4. The fourth-order valence-corrected chi connectivity index (χ4v) is 8.27. The Kier molecular flexibility index (Phi) is 3.15. The molecule has 31 heavy (non-hydrogen) atoms. The minimum absolute atomic E-state index is 0.792. The van der Waals surface area contributed by atoms with Crippen LogP contribution in [0.3, 0.4) is 0 Å². The lowest BCUT2D eigenvalue weighted by Gasteiger charge is -2.47. The third-order valence-electron chi connectivity index (χ3n) is 8.95. The molecular formula is C20H24O11. The van der Waals surface area contributed by atoms with Crippen LogP contribution in [0.2, 0.25) is 0 Å². The van der Waals surface area contributed by atoms with E-state index in [0.29, 0.717) is 0 Å². The van der Waals surface area contributed by atoms with Gasteiger partial charge in [-0.1, -0.05) is 20.8 Å². The average Bonchev–Trinajstić information content (AvgIpc) is 3.35. The van der Waals surface area contributed by atoms with E-state index in [0.717, 1.165) is 0 Å². The summed E-state index contributed by atoms with van der Waals surface area (Å²) in [5.41, 5.74) is -9.40. The van der Waals surface area contributed by atoms with Crippen molar-refractivity contribution in [2.45, 2.75) is 75.7 Å². The van der Waals surface area contributed by atoms with Gasteiger partial charge in [0.1, 0.15) is 12.2 Å². The number of carbonyl (C=O) groups is 3. The third kappa shape index (κ3) is 1.43. The molecule has 170 valence electrons. The predicted molar refractivity (Wildman–Crippen MR) is 93.4 cm³/mol. The van der Waals surface area contributed by atoms with Gasteiger partial charge in [0.15, 0.2) is 17.8 Å². The zero-order valence-corrected chi connectivity index (χ0v) is 17.3. The third-order valence-corrected chi connectivity index (χ3v) is 8.95. The lowest BCUT2D eigenvalue weighted by molar-refractivity contribution is -0.240. The Morgan fingerprint density at radius 3 is 2.19 bits per heavy atom. The number of carbonyl (C=O) groups excluding carboxylic acids is 3. The van der Waals surface area contributed by atoms with Gasteiger partial charge < -0.3 is 39.4 Å². The summed E-state index contributed by atoms with van der Waals surface area (Å²) in [6.07, 6.45) is -9.69. The van der Waals surface area contributed by atoms with Crippen LogP contribution in [0.5, 0.6) is 0 Å². The van der Waals surface area contributed by atoms with E-state index in [2.05, 4.69) is 0 Å². The van der Waals surface area contributed by atoms with Crippen molar-refractivity contribution in [1.82, 2.24) is 0 Å². The van der Waals surface area contributed by atoms with Crippen molar-refractivity contribution in [3.05, 3.63) is 0 Å². The van der Waals surface area contributed by atoms with Gasteiger partial charge in [0, 0.05) is 5.92 Å². The van der Waals surface area contributed by atoms with Crippen LogP contribution in [0.15, 0.2) is 0 Å². The lowest BCUT2D eigenvalue weighted by atomic mass is 9.51. The molecule has 0 radical (unpaired) electrons. The lowest BCUT2D eigenvalue weighted by Crippen LogP contribution is -2.67. The van der Waals surface area contributed by atoms with E-state index < -0.39 is 94.0 Å². The number of ether oxygens (including phenoxy) is 4. The summed E-state index contributed by atoms with van der Waals surface area (Å²) in [4.78, 5) is 38.3. The monoisotopic (exact) mass is 440 g/mol.